The van der Waals surface area contributed by atoms with Crippen LogP contribution in [0.4, 0.5) is 17.1 Å². The quantitative estimate of drug-likeness (QED) is 0.320. The number of hydrogen-bond donors (Lipinski definition) is 3. The summed E-state index contributed by atoms with van der Waals surface area (Å²) >= 11 is 0. The number of phenolic OH excluding ortho intramolecular Hbond substituents is 3. The van der Waals surface area contributed by atoms with Gasteiger partial charge in [0.15, 0.2) is 5.75 Å². The number of aryl methyl sites for hydroxylation is 1. The molecule has 0 fully saturated rings. The molecule has 0 saturated carbocycles. The molecule has 0 bridgehead atoms. The second kappa shape index (κ2) is 8.55. The van der Waals surface area contributed by atoms with Crippen molar-refractivity contribution in [1.82, 2.24) is 0 Å². The van der Waals surface area contributed by atoms with Crippen molar-refractivity contribution in [1.29, 1.82) is 0 Å². The number of nitrogens with zero attached hydrogens (tertiary/aromatic N) is 1. The fourth-order valence-corrected chi connectivity index (χ4v) is 3.64. The predicted molar refractivity (Wildman–Crippen MR) is 127 cm³/mol. The van der Waals surface area contributed by atoms with Gasteiger partial charge in [-0.2, -0.15) is 0 Å². The largest absolute Gasteiger partial charge is 0.508 e. The van der Waals surface area contributed by atoms with Crippen LogP contribution in [0.3, 0.4) is 0 Å². The summed E-state index contributed by atoms with van der Waals surface area (Å²) in [5, 5.41) is 30.7. The second-order valence-corrected chi connectivity index (χ2v) is 7.70. The Labute approximate surface area is 187 Å². The van der Waals surface area contributed by atoms with Gasteiger partial charge < -0.3 is 25.0 Å². The topological polar surface area (TPSA) is 73.2 Å². The average molecular weight is 428 g/mol. The highest BCUT2D eigenvalue weighted by atomic mass is 16.5. The molecular weight excluding hydrogens is 402 g/mol. The van der Waals surface area contributed by atoms with Gasteiger partial charge in [0.1, 0.15) is 23.0 Å². The molecule has 0 aliphatic rings. The van der Waals surface area contributed by atoms with E-state index in [0.29, 0.717) is 22.6 Å². The molecule has 0 spiro atoms. The summed E-state index contributed by atoms with van der Waals surface area (Å²) < 4.78 is 6.26. The summed E-state index contributed by atoms with van der Waals surface area (Å²) in [4.78, 5) is 1.96. The minimum Gasteiger partial charge on any atom is -0.508 e. The van der Waals surface area contributed by atoms with Gasteiger partial charge >= 0.3 is 0 Å². The van der Waals surface area contributed by atoms with E-state index in [-0.39, 0.29) is 17.2 Å². The molecule has 4 rings (SSSR count). The van der Waals surface area contributed by atoms with Gasteiger partial charge in [-0.25, -0.2) is 0 Å². The van der Waals surface area contributed by atoms with Crippen molar-refractivity contribution in [2.24, 2.45) is 0 Å². The fourth-order valence-electron chi connectivity index (χ4n) is 3.64. The van der Waals surface area contributed by atoms with Gasteiger partial charge in [0.25, 0.3) is 0 Å². The number of aromatic hydroxyl groups is 3. The van der Waals surface area contributed by atoms with Gasteiger partial charge in [0, 0.05) is 17.2 Å². The third-order valence-electron chi connectivity index (χ3n) is 5.53. The van der Waals surface area contributed by atoms with Crippen LogP contribution in [0.1, 0.15) is 16.7 Å². The van der Waals surface area contributed by atoms with E-state index in [0.717, 1.165) is 22.6 Å². The Balaban J connectivity index is 1.94. The number of phenols is 3. The zero-order valence-corrected chi connectivity index (χ0v) is 18.2. The molecule has 162 valence electrons. The van der Waals surface area contributed by atoms with Gasteiger partial charge in [0.05, 0.1) is 17.1 Å². The van der Waals surface area contributed by atoms with Gasteiger partial charge in [-0.05, 0) is 68.8 Å². The molecule has 4 aromatic rings. The Hall–Kier alpha value is -4.12. The van der Waals surface area contributed by atoms with Gasteiger partial charge in [0.2, 0.25) is 0 Å². The van der Waals surface area contributed by atoms with Crippen molar-refractivity contribution >= 4 is 17.1 Å². The van der Waals surface area contributed by atoms with E-state index in [1.165, 1.54) is 0 Å². The van der Waals surface area contributed by atoms with Gasteiger partial charge in [-0.3, -0.25) is 0 Å². The minimum absolute atomic E-state index is 0.118. The predicted octanol–water partition coefficient (Wildman–Crippen LogP) is 6.99. The SMILES string of the molecule is Cc1ccc(O)cc1Oc1ccccc1N(c1cccc(O)c1C)c1cccc(O)c1C. The Kier molecular flexibility index (Phi) is 5.65. The maximum absolute atomic E-state index is 10.4. The molecule has 0 atom stereocenters. The zero-order chi connectivity index (χ0) is 22.8. The Morgan fingerprint density at radius 3 is 1.78 bits per heavy atom. The van der Waals surface area contributed by atoms with Crippen LogP contribution in [0.25, 0.3) is 0 Å². The third kappa shape index (κ3) is 3.93. The first-order valence-electron chi connectivity index (χ1n) is 10.3. The molecule has 32 heavy (non-hydrogen) atoms. The summed E-state index contributed by atoms with van der Waals surface area (Å²) in [6.45, 7) is 5.60. The van der Waals surface area contributed by atoms with Crippen LogP contribution >= 0.6 is 0 Å². The molecule has 0 aromatic heterocycles. The summed E-state index contributed by atoms with van der Waals surface area (Å²) in [7, 11) is 0. The molecule has 4 aromatic carbocycles. The number of hydrogen-bond acceptors (Lipinski definition) is 5. The maximum Gasteiger partial charge on any atom is 0.151 e. The molecule has 0 unspecified atom stereocenters. The highest BCUT2D eigenvalue weighted by molar-refractivity contribution is 5.84. The Morgan fingerprint density at radius 1 is 0.594 bits per heavy atom. The van der Waals surface area contributed by atoms with Gasteiger partial charge in [-0.15, -0.1) is 0 Å². The van der Waals surface area contributed by atoms with E-state index in [1.54, 1.807) is 42.5 Å². The van der Waals surface area contributed by atoms with Crippen molar-refractivity contribution in [2.45, 2.75) is 20.8 Å². The lowest BCUT2D eigenvalue weighted by atomic mass is 10.1. The monoisotopic (exact) mass is 427 g/mol. The summed E-state index contributed by atoms with van der Waals surface area (Å²) in [5.41, 5.74) is 4.49. The van der Waals surface area contributed by atoms with Crippen molar-refractivity contribution in [3.63, 3.8) is 0 Å². The van der Waals surface area contributed by atoms with Crippen molar-refractivity contribution in [3.05, 3.63) is 95.6 Å². The first-order chi connectivity index (χ1) is 15.4. The summed E-state index contributed by atoms with van der Waals surface area (Å²) in [5.74, 6) is 1.57. The minimum atomic E-state index is 0.118. The molecule has 0 heterocycles. The van der Waals surface area contributed by atoms with E-state index in [2.05, 4.69) is 0 Å². The molecule has 3 N–H and O–H groups in total. The van der Waals surface area contributed by atoms with E-state index >= 15 is 0 Å². The van der Waals surface area contributed by atoms with Crippen molar-refractivity contribution < 1.29 is 20.1 Å². The number of para-hydroxylation sites is 2. The smallest absolute Gasteiger partial charge is 0.151 e. The molecule has 0 saturated heterocycles. The highest BCUT2D eigenvalue weighted by Gasteiger charge is 2.22. The molecule has 5 nitrogen and oxygen atoms in total. The number of rotatable bonds is 5. The Bertz CT molecular complexity index is 1230. The van der Waals surface area contributed by atoms with Crippen molar-refractivity contribution in [2.75, 3.05) is 4.90 Å². The average Bonchev–Trinajstić information content (AvgIpc) is 2.78. The summed E-state index contributed by atoms with van der Waals surface area (Å²) in [6, 6.07) is 23.2. The van der Waals surface area contributed by atoms with Crippen LogP contribution in [-0.4, -0.2) is 15.3 Å². The molecular formula is C27H25NO4. The van der Waals surface area contributed by atoms with Crippen LogP contribution in [0.2, 0.25) is 0 Å². The van der Waals surface area contributed by atoms with Crippen LogP contribution in [-0.2, 0) is 0 Å². The van der Waals surface area contributed by atoms with E-state index in [9.17, 15) is 15.3 Å². The first-order valence-corrected chi connectivity index (χ1v) is 10.3. The highest BCUT2D eigenvalue weighted by Crippen LogP contribution is 2.46. The number of benzene rings is 4. The normalized spacial score (nSPS) is 10.7. The molecule has 0 amide bonds. The van der Waals surface area contributed by atoms with Crippen LogP contribution < -0.4 is 9.64 Å². The van der Waals surface area contributed by atoms with E-state index in [4.69, 9.17) is 4.74 Å². The Morgan fingerprint density at radius 2 is 1.16 bits per heavy atom. The molecule has 0 aliphatic heterocycles. The zero-order valence-electron chi connectivity index (χ0n) is 18.2. The molecule has 5 heteroatoms. The molecule has 0 radical (unpaired) electrons. The standard InChI is InChI=1S/C27H25NO4/c1-17-14-15-20(29)16-27(17)32-26-13-5-4-8-23(26)28(21-9-6-11-24(30)18(21)2)22-10-7-12-25(31)19(22)3/h4-16,29-31H,1-3H3. The first kappa shape index (κ1) is 21.1. The van der Waals surface area contributed by atoms with Gasteiger partial charge in [-0.1, -0.05) is 30.3 Å². The summed E-state index contributed by atoms with van der Waals surface area (Å²) in [6.07, 6.45) is 0. The van der Waals surface area contributed by atoms with E-state index < -0.39 is 0 Å². The second-order valence-electron chi connectivity index (χ2n) is 7.70. The van der Waals surface area contributed by atoms with Crippen LogP contribution in [0.15, 0.2) is 78.9 Å². The third-order valence-corrected chi connectivity index (χ3v) is 5.53. The number of anilines is 3. The van der Waals surface area contributed by atoms with Crippen LogP contribution in [0, 0.1) is 20.8 Å². The lowest BCUT2D eigenvalue weighted by molar-refractivity contribution is 0.453. The number of ether oxygens (including phenoxy) is 1. The van der Waals surface area contributed by atoms with E-state index in [1.807, 2.05) is 62.1 Å². The lowest BCUT2D eigenvalue weighted by Crippen LogP contribution is -2.13. The van der Waals surface area contributed by atoms with Crippen molar-refractivity contribution in [3.8, 4) is 28.7 Å². The fraction of sp³-hybridized carbons (Fsp3) is 0.111. The lowest BCUT2D eigenvalue weighted by Gasteiger charge is -2.30. The van der Waals surface area contributed by atoms with Crippen LogP contribution in [0.5, 0.6) is 28.7 Å². The molecule has 0 aliphatic carbocycles. The maximum atomic E-state index is 10.4.